The predicted molar refractivity (Wildman–Crippen MR) is 501 cm³/mol. The average molecular weight is 2000 g/mol. The molecule has 0 fully saturated rings. The van der Waals surface area contributed by atoms with Gasteiger partial charge in [-0.2, -0.15) is 8.78 Å². The van der Waals surface area contributed by atoms with Gasteiger partial charge in [-0.15, -0.1) is 0 Å². The molecular formula is C98H149F4N5O33. The Morgan fingerprint density at radius 2 is 0.664 bits per heavy atom. The van der Waals surface area contributed by atoms with E-state index in [2.05, 4.69) is 21.3 Å². The summed E-state index contributed by atoms with van der Waals surface area (Å²) in [7, 11) is 1.65. The first-order valence-corrected chi connectivity index (χ1v) is 46.7. The summed E-state index contributed by atoms with van der Waals surface area (Å²) in [6, 6.07) is 17.0. The molecule has 0 bridgehead atoms. The van der Waals surface area contributed by atoms with E-state index in [9.17, 15) is 65.5 Å². The lowest BCUT2D eigenvalue weighted by molar-refractivity contribution is -0.158. The van der Waals surface area contributed by atoms with E-state index < -0.39 is 112 Å². The number of halogens is 4. The lowest BCUT2D eigenvalue weighted by Crippen LogP contribution is -2.45. The fourth-order valence-corrected chi connectivity index (χ4v) is 11.7. The Morgan fingerprint density at radius 1 is 0.350 bits per heavy atom. The van der Waals surface area contributed by atoms with Gasteiger partial charge in [-0.25, -0.2) is 32.8 Å². The Kier molecular flexibility index (Phi) is 65.2. The molecule has 140 heavy (non-hydrogen) atoms. The Hall–Kier alpha value is -9.74. The van der Waals surface area contributed by atoms with Crippen LogP contribution in [0.15, 0.2) is 78.9 Å². The number of nitrogens with two attached hydrogens (primary N) is 1. The summed E-state index contributed by atoms with van der Waals surface area (Å²) in [5.41, 5.74) is 4.37. The zero-order chi connectivity index (χ0) is 103. The number of Topliss-reactive ketones (excluding diaryl/α,β-unsaturated/α-hetero) is 2. The van der Waals surface area contributed by atoms with E-state index in [1.54, 1.807) is 139 Å². The fraction of sp³-hybridized carbons (Fsp3) is 0.653. The molecule has 0 saturated heterocycles. The van der Waals surface area contributed by atoms with Crippen LogP contribution in [0.5, 0.6) is 23.0 Å². The molecule has 0 spiro atoms. The van der Waals surface area contributed by atoms with Gasteiger partial charge in [-0.05, 0) is 155 Å². The third kappa shape index (κ3) is 66.1. The molecular weight excluding hydrogens is 1850 g/mol. The smallest absolute Gasteiger partial charge is 0.407 e. The van der Waals surface area contributed by atoms with Crippen LogP contribution in [0.1, 0.15) is 138 Å². The number of esters is 4. The number of rotatable bonds is 77. The second-order valence-corrected chi connectivity index (χ2v) is 35.0. The molecule has 0 aliphatic heterocycles. The van der Waals surface area contributed by atoms with Gasteiger partial charge in [0.1, 0.15) is 51.5 Å². The van der Waals surface area contributed by atoms with Gasteiger partial charge in [0.15, 0.2) is 37.2 Å². The van der Waals surface area contributed by atoms with Crippen LogP contribution < -0.4 is 45.9 Å². The largest absolute Gasteiger partial charge is 0.482 e. The Morgan fingerprint density at radius 3 is 1.03 bits per heavy atom. The van der Waals surface area contributed by atoms with E-state index in [1.807, 2.05) is 0 Å². The minimum Gasteiger partial charge on any atom is -0.482 e. The van der Waals surface area contributed by atoms with E-state index in [1.165, 1.54) is 24.3 Å². The minimum atomic E-state index is -1.96. The molecule has 6 N–H and O–H groups in total. The highest BCUT2D eigenvalue weighted by Crippen LogP contribution is 2.28. The summed E-state index contributed by atoms with van der Waals surface area (Å²) in [6.45, 7) is 28.9. The first kappa shape index (κ1) is 124. The molecule has 4 amide bonds. The average Bonchev–Trinajstić information content (AvgIpc) is 0.809. The number of ether oxygens (including phenoxy) is 23. The number of benzene rings is 4. The van der Waals surface area contributed by atoms with Crippen molar-refractivity contribution in [2.45, 2.75) is 175 Å². The maximum absolute atomic E-state index is 14.5. The summed E-state index contributed by atoms with van der Waals surface area (Å²) in [5.74, 6) is -13.9. The topological polar surface area (TPSA) is 457 Å². The molecule has 4 rings (SSSR count). The van der Waals surface area contributed by atoms with Crippen LogP contribution in [0, 0.1) is 29.2 Å². The van der Waals surface area contributed by atoms with Crippen LogP contribution in [0.2, 0.25) is 0 Å². The van der Waals surface area contributed by atoms with Crippen LogP contribution in [0.4, 0.5) is 22.4 Å². The number of carbonyl (C=O) groups is 10. The van der Waals surface area contributed by atoms with E-state index in [0.717, 1.165) is 11.1 Å². The van der Waals surface area contributed by atoms with Gasteiger partial charge in [0.25, 0.3) is 0 Å². The van der Waals surface area contributed by atoms with Crippen molar-refractivity contribution in [1.82, 2.24) is 21.3 Å². The van der Waals surface area contributed by atoms with Crippen LogP contribution >= 0.6 is 0 Å². The SMILES string of the molecule is CC(C)(C)OC(=O)COc1ccc(CC(CC(=O)CCOCCOCCOCCOCCCC(=O)C(Cc2ccc(OCC(=O)OC(C)(C)C)cc2)NC(=O)CCOCCOCCOCCOCCNC(=O)OC(C)(C)C)C(=O)NCCOCCOCCOCCOCCC(=O)NC(Cc2ccc(OCC(=O)OC(C)(C)C)cc2)C(=O)Oc2c(F)c(F)cc(F)c2F)cc1.COCCOCCOCCN. The van der Waals surface area contributed by atoms with Crippen molar-refractivity contribution in [1.29, 1.82) is 0 Å². The van der Waals surface area contributed by atoms with E-state index in [4.69, 9.17) is 115 Å². The summed E-state index contributed by atoms with van der Waals surface area (Å²) in [6.07, 6.45) is -0.294. The molecule has 38 nitrogen and oxygen atoms in total. The maximum Gasteiger partial charge on any atom is 0.407 e. The molecule has 0 heterocycles. The van der Waals surface area contributed by atoms with Gasteiger partial charge in [-0.1, -0.05) is 36.4 Å². The third-order valence-electron chi connectivity index (χ3n) is 18.0. The number of nitrogens with one attached hydrogen (secondary N) is 4. The number of carbonyl (C=O) groups excluding carboxylic acids is 10. The van der Waals surface area contributed by atoms with Crippen molar-refractivity contribution in [2.75, 3.05) is 238 Å². The number of alkyl carbamates (subject to hydrolysis) is 1. The van der Waals surface area contributed by atoms with Gasteiger partial charge in [0.05, 0.1) is 191 Å². The molecule has 3 unspecified atom stereocenters. The monoisotopic (exact) mass is 2000 g/mol. The Balaban J connectivity index is 0.00000429. The van der Waals surface area contributed by atoms with Crippen molar-refractivity contribution in [3.8, 4) is 23.0 Å². The molecule has 4 aromatic rings. The number of hydrogen-bond donors (Lipinski definition) is 5. The van der Waals surface area contributed by atoms with Gasteiger partial charge < -0.3 is 136 Å². The summed E-state index contributed by atoms with van der Waals surface area (Å²) < 4.78 is 182. The van der Waals surface area contributed by atoms with Crippen molar-refractivity contribution in [3.63, 3.8) is 0 Å². The molecule has 0 aliphatic carbocycles. The second-order valence-electron chi connectivity index (χ2n) is 35.0. The highest BCUT2D eigenvalue weighted by Gasteiger charge is 2.31. The molecule has 0 aromatic heterocycles. The van der Waals surface area contributed by atoms with Gasteiger partial charge in [0, 0.05) is 83.9 Å². The van der Waals surface area contributed by atoms with Gasteiger partial charge in [-0.3, -0.25) is 24.0 Å². The van der Waals surface area contributed by atoms with Crippen LogP contribution in [-0.4, -0.2) is 332 Å². The molecule has 4 aromatic carbocycles. The summed E-state index contributed by atoms with van der Waals surface area (Å²) >= 11 is 0. The van der Waals surface area contributed by atoms with E-state index in [-0.39, 0.29) is 232 Å². The Bertz CT molecular complexity index is 4100. The lowest BCUT2D eigenvalue weighted by atomic mass is 9.92. The first-order valence-electron chi connectivity index (χ1n) is 46.7. The van der Waals surface area contributed by atoms with Crippen molar-refractivity contribution in [2.24, 2.45) is 11.7 Å². The molecule has 0 saturated carbocycles. The number of ketones is 2. The van der Waals surface area contributed by atoms with Gasteiger partial charge in [0.2, 0.25) is 35.1 Å². The zero-order valence-corrected chi connectivity index (χ0v) is 83.4. The van der Waals surface area contributed by atoms with E-state index >= 15 is 0 Å². The number of amides is 4. The lowest BCUT2D eigenvalue weighted by Gasteiger charge is -2.20. The molecule has 3 atom stereocenters. The first-order chi connectivity index (χ1) is 66.7. The normalized spacial score (nSPS) is 12.2. The molecule has 0 aliphatic rings. The molecule has 0 radical (unpaired) electrons. The third-order valence-corrected chi connectivity index (χ3v) is 18.0. The molecule has 792 valence electrons. The second kappa shape index (κ2) is 73.4. The van der Waals surface area contributed by atoms with Crippen LogP contribution in [-0.2, 0) is 152 Å². The van der Waals surface area contributed by atoms with Crippen LogP contribution in [0.25, 0.3) is 0 Å². The standard InChI is InChI=1S/C91H132F4N4O30.C7H17NO3/c1-88(2,3)126-79(104)61-122-69-21-15-64(16-22-69)56-67(85(107)96-30-36-114-42-48-120-54-52-119-47-41-113-35-29-78(103)99-75(86(108)125-84-82(94)72(92)60-73(93)83(84)95)58-66-19-25-71(26-20-66)124-63-81(106)128-90(7,8)9)59-68(100)27-33-111-39-45-117-51-50-116-44-38-110-32-13-14-76(101)74(57-65-17-23-70(24-18-65)123-62-80(105)127-89(4,5)6)98-77(102)28-34-112-40-46-118-53-55-121-49-43-115-37-31-97-87(109)129-91(10,11)12;1-9-4-5-11-7-6-10-3-2-8/h15-26,60,67,74-75H,13-14,27-59,61-63H2,1-12H3,(H,96,107)(H,97,109)(H,98,102)(H,99,103);2-8H2,1H3. The number of methoxy groups -OCH3 is 1. The van der Waals surface area contributed by atoms with Crippen molar-refractivity contribution < 1.29 is 174 Å². The van der Waals surface area contributed by atoms with Gasteiger partial charge >= 0.3 is 30.0 Å². The molecule has 42 heteroatoms. The fourth-order valence-electron chi connectivity index (χ4n) is 11.7. The van der Waals surface area contributed by atoms with Crippen molar-refractivity contribution in [3.05, 3.63) is 119 Å². The number of hydrogen-bond acceptors (Lipinski definition) is 34. The summed E-state index contributed by atoms with van der Waals surface area (Å²) in [5, 5.41) is 10.7. The van der Waals surface area contributed by atoms with E-state index in [0.29, 0.717) is 103 Å². The quantitative estimate of drug-likeness (QED) is 0.00689. The summed E-state index contributed by atoms with van der Waals surface area (Å²) in [4.78, 5) is 128. The highest BCUT2D eigenvalue weighted by molar-refractivity contribution is 5.90. The minimum absolute atomic E-state index is 0.000571. The maximum atomic E-state index is 14.5. The Labute approximate surface area is 818 Å². The zero-order valence-electron chi connectivity index (χ0n) is 83.4. The van der Waals surface area contributed by atoms with Crippen LogP contribution in [0.3, 0.4) is 0 Å². The predicted octanol–water partition coefficient (Wildman–Crippen LogP) is 8.57. The highest BCUT2D eigenvalue weighted by atomic mass is 19.2. The van der Waals surface area contributed by atoms with Crippen molar-refractivity contribution >= 4 is 59.3 Å².